The number of nitrogens with zero attached hydrogens (tertiary/aromatic N) is 2. The molecule has 3 aliphatic rings. The van der Waals surface area contributed by atoms with Gasteiger partial charge in [0.2, 0.25) is 5.91 Å². The molecule has 0 bridgehead atoms. The summed E-state index contributed by atoms with van der Waals surface area (Å²) in [6.45, 7) is 2.89. The molecule has 1 aliphatic carbocycles. The molecule has 0 fully saturated rings. The smallest absolute Gasteiger partial charge is 0.311 e. The van der Waals surface area contributed by atoms with Crippen molar-refractivity contribution in [1.82, 2.24) is 4.90 Å². The number of rotatable bonds is 1. The summed E-state index contributed by atoms with van der Waals surface area (Å²) in [5.74, 6) is -0.829. The summed E-state index contributed by atoms with van der Waals surface area (Å²) >= 11 is 0. The number of carboxylic acid groups (broad SMARTS) is 1. The van der Waals surface area contributed by atoms with Crippen molar-refractivity contribution in [3.05, 3.63) is 35.4 Å². The maximum Gasteiger partial charge on any atom is 0.311 e. The Morgan fingerprint density at radius 2 is 2.04 bits per heavy atom. The maximum absolute atomic E-state index is 11.9. The lowest BCUT2D eigenvalue weighted by atomic mass is 9.74. The largest absolute Gasteiger partial charge is 0.481 e. The fourth-order valence-corrected chi connectivity index (χ4v) is 4.42. The summed E-state index contributed by atoms with van der Waals surface area (Å²) in [6, 6.07) is 6.29. The Morgan fingerprint density at radius 3 is 2.74 bits per heavy atom. The van der Waals surface area contributed by atoms with Gasteiger partial charge in [-0.15, -0.1) is 0 Å². The molecule has 0 spiro atoms. The zero-order valence-corrected chi connectivity index (χ0v) is 13.3. The van der Waals surface area contributed by atoms with Crippen molar-refractivity contribution in [3.8, 4) is 0 Å². The molecule has 2 heterocycles. The Hall–Kier alpha value is -2.14. The van der Waals surface area contributed by atoms with Gasteiger partial charge < -0.3 is 10.0 Å². The second-order valence-electron chi connectivity index (χ2n) is 6.82. The van der Waals surface area contributed by atoms with Gasteiger partial charge in [0, 0.05) is 37.7 Å². The van der Waals surface area contributed by atoms with Gasteiger partial charge in [0.15, 0.2) is 0 Å². The predicted octanol–water partition coefficient (Wildman–Crippen LogP) is 1.94. The summed E-state index contributed by atoms with van der Waals surface area (Å²) < 4.78 is 0. The third kappa shape index (κ3) is 2.03. The Kier molecular flexibility index (Phi) is 3.10. The molecule has 1 amide bonds. The van der Waals surface area contributed by atoms with Crippen LogP contribution >= 0.6 is 0 Å². The molecule has 23 heavy (non-hydrogen) atoms. The monoisotopic (exact) mass is 312 g/mol. The van der Waals surface area contributed by atoms with Gasteiger partial charge in [-0.05, 0) is 36.2 Å². The molecule has 5 nitrogen and oxygen atoms in total. The standard InChI is InChI=1S/C18H20N2O3/c1-10(21)20-9-11-7-16-14(6-12(18(22)23)8-19(16)2)13-4-3-5-15(20)17(11)13/h3-6,11-12,16H,7-9H2,1-2H3,(H,22,23)/t11?,12-,16-/m1/s1. The number of benzene rings is 1. The highest BCUT2D eigenvalue weighted by Gasteiger charge is 2.43. The van der Waals surface area contributed by atoms with E-state index in [4.69, 9.17) is 0 Å². The van der Waals surface area contributed by atoms with Crippen molar-refractivity contribution in [2.45, 2.75) is 25.3 Å². The van der Waals surface area contributed by atoms with Crippen molar-refractivity contribution in [3.63, 3.8) is 0 Å². The number of carboxylic acids is 1. The molecular formula is C18H20N2O3. The third-order valence-electron chi connectivity index (χ3n) is 5.46. The van der Waals surface area contributed by atoms with Gasteiger partial charge in [-0.25, -0.2) is 0 Å². The summed E-state index contributed by atoms with van der Waals surface area (Å²) in [7, 11) is 2.00. The number of hydrogen-bond acceptors (Lipinski definition) is 3. The first-order chi connectivity index (χ1) is 11.0. The molecule has 0 saturated carbocycles. The van der Waals surface area contributed by atoms with Crippen LogP contribution in [0.4, 0.5) is 5.69 Å². The molecule has 5 heteroatoms. The lowest BCUT2D eigenvalue weighted by Gasteiger charge is -2.41. The molecule has 0 saturated heterocycles. The van der Waals surface area contributed by atoms with Gasteiger partial charge in [0.1, 0.15) is 0 Å². The van der Waals surface area contributed by atoms with E-state index in [9.17, 15) is 14.7 Å². The first-order valence-corrected chi connectivity index (χ1v) is 8.03. The van der Waals surface area contributed by atoms with Crippen LogP contribution in [0.3, 0.4) is 0 Å². The van der Waals surface area contributed by atoms with E-state index in [1.54, 1.807) is 6.92 Å². The molecule has 1 unspecified atom stereocenters. The molecular weight excluding hydrogens is 292 g/mol. The van der Waals surface area contributed by atoms with Crippen LogP contribution in [-0.4, -0.2) is 48.1 Å². The van der Waals surface area contributed by atoms with Gasteiger partial charge in [-0.3, -0.25) is 14.5 Å². The van der Waals surface area contributed by atoms with Gasteiger partial charge in [0.05, 0.1) is 5.92 Å². The number of carbonyl (C=O) groups excluding carboxylic acids is 1. The average Bonchev–Trinajstić information content (AvgIpc) is 2.88. The zero-order valence-electron chi connectivity index (χ0n) is 13.3. The minimum Gasteiger partial charge on any atom is -0.481 e. The van der Waals surface area contributed by atoms with Crippen LogP contribution in [0.2, 0.25) is 0 Å². The number of hydrogen-bond donors (Lipinski definition) is 1. The van der Waals surface area contributed by atoms with Crippen molar-refractivity contribution < 1.29 is 14.7 Å². The number of likely N-dealkylation sites (N-methyl/N-ethyl adjacent to an activating group) is 1. The van der Waals surface area contributed by atoms with Crippen molar-refractivity contribution in [2.75, 3.05) is 25.0 Å². The molecule has 3 atom stereocenters. The maximum atomic E-state index is 11.9. The summed E-state index contributed by atoms with van der Waals surface area (Å²) in [5, 5.41) is 9.40. The first kappa shape index (κ1) is 14.5. The van der Waals surface area contributed by atoms with Crippen LogP contribution in [0.15, 0.2) is 24.3 Å². The average molecular weight is 312 g/mol. The quantitative estimate of drug-likeness (QED) is 0.861. The minimum atomic E-state index is -0.775. The molecule has 2 aliphatic heterocycles. The highest BCUT2D eigenvalue weighted by molar-refractivity contribution is 5.96. The highest BCUT2D eigenvalue weighted by Crippen LogP contribution is 2.50. The zero-order chi connectivity index (χ0) is 16.3. The van der Waals surface area contributed by atoms with Crippen LogP contribution in [0.5, 0.6) is 0 Å². The van der Waals surface area contributed by atoms with Crippen LogP contribution in [0.1, 0.15) is 30.4 Å². The van der Waals surface area contributed by atoms with E-state index in [0.717, 1.165) is 29.8 Å². The molecule has 0 aromatic heterocycles. The van der Waals surface area contributed by atoms with E-state index in [1.165, 1.54) is 5.56 Å². The van der Waals surface area contributed by atoms with Crippen LogP contribution in [0, 0.1) is 5.92 Å². The Bertz CT molecular complexity index is 740. The third-order valence-corrected chi connectivity index (χ3v) is 5.46. The fourth-order valence-electron chi connectivity index (χ4n) is 4.42. The number of amides is 1. The van der Waals surface area contributed by atoms with Gasteiger partial charge in [-0.1, -0.05) is 18.2 Å². The van der Waals surface area contributed by atoms with Crippen LogP contribution < -0.4 is 4.90 Å². The predicted molar refractivity (Wildman–Crippen MR) is 87.3 cm³/mol. The molecule has 1 aromatic carbocycles. The number of fused-ring (bicyclic) bond motifs is 2. The topological polar surface area (TPSA) is 60.9 Å². The number of aliphatic carboxylic acids is 1. The molecule has 4 rings (SSSR count). The number of carbonyl (C=O) groups is 2. The van der Waals surface area contributed by atoms with Crippen LogP contribution in [0.25, 0.3) is 5.57 Å². The highest BCUT2D eigenvalue weighted by atomic mass is 16.4. The molecule has 120 valence electrons. The Morgan fingerprint density at radius 1 is 1.26 bits per heavy atom. The van der Waals surface area contributed by atoms with E-state index in [2.05, 4.69) is 11.0 Å². The second kappa shape index (κ2) is 4.93. The Balaban J connectivity index is 1.87. The molecule has 1 aromatic rings. The van der Waals surface area contributed by atoms with E-state index < -0.39 is 11.9 Å². The van der Waals surface area contributed by atoms with Gasteiger partial charge in [0.25, 0.3) is 0 Å². The van der Waals surface area contributed by atoms with E-state index >= 15 is 0 Å². The number of anilines is 1. The van der Waals surface area contributed by atoms with E-state index in [1.807, 2.05) is 30.2 Å². The second-order valence-corrected chi connectivity index (χ2v) is 6.82. The van der Waals surface area contributed by atoms with Crippen molar-refractivity contribution in [2.24, 2.45) is 5.92 Å². The fraction of sp³-hybridized carbons (Fsp3) is 0.444. The van der Waals surface area contributed by atoms with Crippen molar-refractivity contribution >= 4 is 23.1 Å². The normalized spacial score (nSPS) is 28.9. The minimum absolute atomic E-state index is 0.0709. The van der Waals surface area contributed by atoms with Crippen LogP contribution in [-0.2, 0) is 9.59 Å². The van der Waals surface area contributed by atoms with Gasteiger partial charge in [-0.2, -0.15) is 0 Å². The Labute approximate surface area is 135 Å². The summed E-state index contributed by atoms with van der Waals surface area (Å²) in [4.78, 5) is 27.4. The lowest BCUT2D eigenvalue weighted by Crippen LogP contribution is -2.44. The lowest BCUT2D eigenvalue weighted by molar-refractivity contribution is -0.140. The summed E-state index contributed by atoms with van der Waals surface area (Å²) in [6.07, 6.45) is 2.87. The van der Waals surface area contributed by atoms with Crippen molar-refractivity contribution in [1.29, 1.82) is 0 Å². The summed E-state index contributed by atoms with van der Waals surface area (Å²) in [5.41, 5.74) is 4.47. The van der Waals surface area contributed by atoms with E-state index in [0.29, 0.717) is 12.5 Å². The molecule has 1 N–H and O–H groups in total. The first-order valence-electron chi connectivity index (χ1n) is 8.03. The van der Waals surface area contributed by atoms with E-state index in [-0.39, 0.29) is 11.9 Å². The SMILES string of the molecule is CC(=O)N1CC2C[C@@H]3C(=C[C@@H](C(=O)O)CN3C)c3cccc1c32. The van der Waals surface area contributed by atoms with Gasteiger partial charge >= 0.3 is 5.97 Å². The molecule has 0 radical (unpaired) electrons.